The van der Waals surface area contributed by atoms with Crippen LogP contribution in [0.15, 0.2) is 36.4 Å². The molecule has 2 aromatic rings. The molecule has 4 nitrogen and oxygen atoms in total. The van der Waals surface area contributed by atoms with Crippen molar-refractivity contribution in [3.05, 3.63) is 36.4 Å². The number of phenolic OH excluding ortho intramolecular Hbond substituents is 3. The number of anilines is 1. The van der Waals surface area contributed by atoms with E-state index < -0.39 is 0 Å². The Bertz CT molecular complexity index is 518. The van der Waals surface area contributed by atoms with Crippen LogP contribution in [0.2, 0.25) is 0 Å². The highest BCUT2D eigenvalue weighted by atomic mass is 16.3. The maximum atomic E-state index is 9.68. The molecule has 0 amide bonds. The van der Waals surface area contributed by atoms with Crippen LogP contribution in [0.1, 0.15) is 0 Å². The molecule has 0 aliphatic carbocycles. The Morgan fingerprint density at radius 3 is 2.19 bits per heavy atom. The Kier molecular flexibility index (Phi) is 2.32. The molecule has 0 aromatic heterocycles. The van der Waals surface area contributed by atoms with Gasteiger partial charge < -0.3 is 21.1 Å². The van der Waals surface area contributed by atoms with Crippen LogP contribution in [0.4, 0.5) is 5.69 Å². The first-order valence-electron chi connectivity index (χ1n) is 4.69. The highest BCUT2D eigenvalue weighted by Crippen LogP contribution is 2.37. The summed E-state index contributed by atoms with van der Waals surface area (Å²) in [4.78, 5) is 0. The first-order valence-corrected chi connectivity index (χ1v) is 4.69. The smallest absolute Gasteiger partial charge is 0.158 e. The molecule has 0 saturated heterocycles. The molecule has 0 aliphatic rings. The third kappa shape index (κ3) is 1.61. The molecule has 0 fully saturated rings. The van der Waals surface area contributed by atoms with Crippen molar-refractivity contribution in [3.63, 3.8) is 0 Å². The highest BCUT2D eigenvalue weighted by molar-refractivity contribution is 5.82. The van der Waals surface area contributed by atoms with Crippen LogP contribution in [0.3, 0.4) is 0 Å². The molecular formula is C12H11NO3. The average molecular weight is 217 g/mol. The fourth-order valence-corrected chi connectivity index (χ4v) is 1.55. The molecule has 0 bridgehead atoms. The fourth-order valence-electron chi connectivity index (χ4n) is 1.55. The molecule has 0 aliphatic heterocycles. The monoisotopic (exact) mass is 217 g/mol. The predicted octanol–water partition coefficient (Wildman–Crippen LogP) is 2.05. The van der Waals surface area contributed by atoms with Gasteiger partial charge in [-0.05, 0) is 29.8 Å². The number of nitrogens with two attached hydrogens (primary N) is 1. The van der Waals surface area contributed by atoms with E-state index in [0.717, 1.165) is 0 Å². The second kappa shape index (κ2) is 3.66. The van der Waals surface area contributed by atoms with Crippen LogP contribution in [0.5, 0.6) is 17.2 Å². The summed E-state index contributed by atoms with van der Waals surface area (Å²) in [5.41, 5.74) is 7.13. The standard InChI is InChI=1S/C12H11NO3/c13-8-2-1-3-10(15)12(8)7-4-5-9(14)11(16)6-7/h1-6,14-16H,13H2. The average Bonchev–Trinajstić information content (AvgIpc) is 2.23. The van der Waals surface area contributed by atoms with E-state index in [1.54, 1.807) is 18.2 Å². The lowest BCUT2D eigenvalue weighted by atomic mass is 10.0. The molecule has 2 rings (SSSR count). The normalized spacial score (nSPS) is 10.2. The number of aromatic hydroxyl groups is 3. The van der Waals surface area contributed by atoms with Gasteiger partial charge in [0.05, 0.1) is 0 Å². The van der Waals surface area contributed by atoms with E-state index in [-0.39, 0.29) is 17.2 Å². The van der Waals surface area contributed by atoms with Crippen LogP contribution in [-0.4, -0.2) is 15.3 Å². The molecule has 0 unspecified atom stereocenters. The van der Waals surface area contributed by atoms with Crippen molar-refractivity contribution in [1.82, 2.24) is 0 Å². The van der Waals surface area contributed by atoms with E-state index in [1.807, 2.05) is 0 Å². The zero-order chi connectivity index (χ0) is 11.7. The van der Waals surface area contributed by atoms with E-state index in [4.69, 9.17) is 5.73 Å². The van der Waals surface area contributed by atoms with Gasteiger partial charge in [0.25, 0.3) is 0 Å². The van der Waals surface area contributed by atoms with E-state index in [0.29, 0.717) is 16.8 Å². The Morgan fingerprint density at radius 1 is 0.812 bits per heavy atom. The minimum absolute atomic E-state index is 0.0325. The number of nitrogen functional groups attached to an aromatic ring is 1. The van der Waals surface area contributed by atoms with Gasteiger partial charge in [0, 0.05) is 11.3 Å². The molecule has 5 N–H and O–H groups in total. The van der Waals surface area contributed by atoms with Gasteiger partial charge in [-0.3, -0.25) is 0 Å². The lowest BCUT2D eigenvalue weighted by Crippen LogP contribution is -1.90. The van der Waals surface area contributed by atoms with Crippen molar-refractivity contribution < 1.29 is 15.3 Å². The SMILES string of the molecule is Nc1cccc(O)c1-c1ccc(O)c(O)c1. The fraction of sp³-hybridized carbons (Fsp3) is 0. The topological polar surface area (TPSA) is 86.7 Å². The van der Waals surface area contributed by atoms with Crippen molar-refractivity contribution >= 4 is 5.69 Å². The molecule has 0 spiro atoms. The summed E-state index contributed by atoms with van der Waals surface area (Å²) < 4.78 is 0. The summed E-state index contributed by atoms with van der Waals surface area (Å²) in [6.07, 6.45) is 0. The maximum absolute atomic E-state index is 9.68. The van der Waals surface area contributed by atoms with Gasteiger partial charge in [0.1, 0.15) is 5.75 Å². The molecule has 0 heterocycles. The number of hydrogen-bond donors (Lipinski definition) is 4. The number of phenols is 3. The van der Waals surface area contributed by atoms with Crippen LogP contribution >= 0.6 is 0 Å². The van der Waals surface area contributed by atoms with Gasteiger partial charge in [0.2, 0.25) is 0 Å². The van der Waals surface area contributed by atoms with Gasteiger partial charge in [-0.15, -0.1) is 0 Å². The second-order valence-corrected chi connectivity index (χ2v) is 3.44. The van der Waals surface area contributed by atoms with Crippen molar-refractivity contribution in [2.45, 2.75) is 0 Å². The second-order valence-electron chi connectivity index (χ2n) is 3.44. The van der Waals surface area contributed by atoms with Crippen molar-refractivity contribution in [2.24, 2.45) is 0 Å². The number of rotatable bonds is 1. The van der Waals surface area contributed by atoms with Gasteiger partial charge in [-0.1, -0.05) is 12.1 Å². The molecule has 0 atom stereocenters. The quantitative estimate of drug-likeness (QED) is 0.435. The van der Waals surface area contributed by atoms with Crippen LogP contribution in [-0.2, 0) is 0 Å². The van der Waals surface area contributed by atoms with E-state index >= 15 is 0 Å². The Balaban J connectivity index is 2.63. The van der Waals surface area contributed by atoms with E-state index in [2.05, 4.69) is 0 Å². The van der Waals surface area contributed by atoms with Gasteiger partial charge >= 0.3 is 0 Å². The largest absolute Gasteiger partial charge is 0.507 e. The van der Waals surface area contributed by atoms with Gasteiger partial charge in [-0.25, -0.2) is 0 Å². The first-order chi connectivity index (χ1) is 7.59. The van der Waals surface area contributed by atoms with Gasteiger partial charge in [-0.2, -0.15) is 0 Å². The molecule has 0 radical (unpaired) electrons. The summed E-state index contributed by atoms with van der Waals surface area (Å²) in [6.45, 7) is 0. The maximum Gasteiger partial charge on any atom is 0.158 e. The summed E-state index contributed by atoms with van der Waals surface area (Å²) in [5.74, 6) is -0.428. The molecular weight excluding hydrogens is 206 g/mol. The van der Waals surface area contributed by atoms with E-state index in [9.17, 15) is 15.3 Å². The van der Waals surface area contributed by atoms with Crippen LogP contribution in [0.25, 0.3) is 11.1 Å². The predicted molar refractivity (Wildman–Crippen MR) is 61.3 cm³/mol. The molecule has 4 heteroatoms. The molecule has 2 aromatic carbocycles. The minimum Gasteiger partial charge on any atom is -0.507 e. The van der Waals surface area contributed by atoms with Crippen molar-refractivity contribution in [3.8, 4) is 28.4 Å². The number of hydrogen-bond acceptors (Lipinski definition) is 4. The zero-order valence-electron chi connectivity index (χ0n) is 8.38. The first kappa shape index (κ1) is 10.2. The van der Waals surface area contributed by atoms with Gasteiger partial charge in [0.15, 0.2) is 11.5 Å². The summed E-state index contributed by atoms with van der Waals surface area (Å²) in [5, 5.41) is 28.2. The molecule has 82 valence electrons. The zero-order valence-corrected chi connectivity index (χ0v) is 8.38. The number of benzene rings is 2. The Hall–Kier alpha value is -2.36. The third-order valence-corrected chi connectivity index (χ3v) is 2.34. The minimum atomic E-state index is -0.250. The molecule has 16 heavy (non-hydrogen) atoms. The lowest BCUT2D eigenvalue weighted by Gasteiger charge is -2.09. The lowest BCUT2D eigenvalue weighted by molar-refractivity contribution is 0.404. The Labute approximate surface area is 92.2 Å². The summed E-state index contributed by atoms with van der Waals surface area (Å²) >= 11 is 0. The Morgan fingerprint density at radius 2 is 1.56 bits per heavy atom. The molecule has 0 saturated carbocycles. The van der Waals surface area contributed by atoms with Crippen molar-refractivity contribution in [1.29, 1.82) is 0 Å². The van der Waals surface area contributed by atoms with Crippen LogP contribution in [0, 0.1) is 0 Å². The summed E-state index contributed by atoms with van der Waals surface area (Å²) in [7, 11) is 0. The van der Waals surface area contributed by atoms with Crippen molar-refractivity contribution in [2.75, 3.05) is 5.73 Å². The highest BCUT2D eigenvalue weighted by Gasteiger charge is 2.10. The summed E-state index contributed by atoms with van der Waals surface area (Å²) in [6, 6.07) is 9.06. The van der Waals surface area contributed by atoms with E-state index in [1.165, 1.54) is 18.2 Å². The third-order valence-electron chi connectivity index (χ3n) is 2.34. The van der Waals surface area contributed by atoms with Crippen LogP contribution < -0.4 is 5.73 Å².